The molecule has 1 aromatic heterocycles. The van der Waals surface area contributed by atoms with E-state index >= 15 is 0 Å². The molecule has 2 aromatic carbocycles. The summed E-state index contributed by atoms with van der Waals surface area (Å²) in [5.41, 5.74) is 3.59. The van der Waals surface area contributed by atoms with Crippen LogP contribution >= 0.6 is 0 Å². The van der Waals surface area contributed by atoms with Crippen LogP contribution in [0.3, 0.4) is 0 Å². The predicted molar refractivity (Wildman–Crippen MR) is 112 cm³/mol. The largest absolute Gasteiger partial charge is 0.358 e. The van der Waals surface area contributed by atoms with Gasteiger partial charge in [0, 0.05) is 19.5 Å². The minimum absolute atomic E-state index is 0.302. The molecule has 1 saturated heterocycles. The fraction of sp³-hybridized carbons (Fsp3) is 0.304. The normalized spacial score (nSPS) is 15.0. The first-order valence-electron chi connectivity index (χ1n) is 9.81. The van der Waals surface area contributed by atoms with E-state index in [1.807, 2.05) is 30.3 Å². The fourth-order valence-electron chi connectivity index (χ4n) is 4.09. The van der Waals surface area contributed by atoms with Crippen LogP contribution in [0.25, 0.3) is 0 Å². The van der Waals surface area contributed by atoms with E-state index in [4.69, 9.17) is 0 Å². The van der Waals surface area contributed by atoms with Gasteiger partial charge in [0.25, 0.3) is 5.56 Å². The second kappa shape index (κ2) is 7.89. The second-order valence-electron chi connectivity index (χ2n) is 7.57. The second-order valence-corrected chi connectivity index (χ2v) is 7.57. The van der Waals surface area contributed by atoms with Crippen LogP contribution in [0.5, 0.6) is 0 Å². The molecule has 0 bridgehead atoms. The molecule has 5 heteroatoms. The molecule has 0 spiro atoms. The molecule has 2 N–H and O–H groups in total. The topological polar surface area (TPSA) is 69.0 Å². The Hall–Kier alpha value is -3.08. The van der Waals surface area contributed by atoms with Crippen LogP contribution in [0.15, 0.2) is 64.2 Å². The number of aryl methyl sites for hydroxylation is 1. The molecule has 3 aromatic rings. The van der Waals surface area contributed by atoms with Crippen LogP contribution in [-0.2, 0) is 6.42 Å². The van der Waals surface area contributed by atoms with Crippen molar-refractivity contribution in [3.8, 4) is 0 Å². The minimum Gasteiger partial charge on any atom is -0.358 e. The molecule has 0 amide bonds. The standard InChI is InChI=1S/C23H25N3O2/c1-16-6-5-9-19(14-16)18-10-12-26(13-11-18)21-20(22(27)25-23(28)24-21)15-17-7-3-2-4-8-17/h2-9,14,18H,10-13,15H2,1H3,(H2,24,25,27,28). The molecule has 1 aliphatic rings. The predicted octanol–water partition coefficient (Wildman–Crippen LogP) is 3.35. The van der Waals surface area contributed by atoms with Crippen molar-refractivity contribution in [2.75, 3.05) is 18.0 Å². The summed E-state index contributed by atoms with van der Waals surface area (Å²) in [5.74, 6) is 1.18. The van der Waals surface area contributed by atoms with E-state index in [9.17, 15) is 9.59 Å². The quantitative estimate of drug-likeness (QED) is 0.735. The van der Waals surface area contributed by atoms with Crippen molar-refractivity contribution >= 4 is 5.82 Å². The van der Waals surface area contributed by atoms with E-state index in [1.54, 1.807) is 0 Å². The lowest BCUT2D eigenvalue weighted by molar-refractivity contribution is 0.501. The van der Waals surface area contributed by atoms with Crippen molar-refractivity contribution in [3.63, 3.8) is 0 Å². The summed E-state index contributed by atoms with van der Waals surface area (Å²) in [5, 5.41) is 0. The number of aromatic amines is 2. The van der Waals surface area contributed by atoms with E-state index in [0.29, 0.717) is 23.7 Å². The van der Waals surface area contributed by atoms with Gasteiger partial charge in [-0.3, -0.25) is 14.8 Å². The third kappa shape index (κ3) is 3.93. The highest BCUT2D eigenvalue weighted by Gasteiger charge is 2.24. The lowest BCUT2D eigenvalue weighted by atomic mass is 9.88. The fourth-order valence-corrected chi connectivity index (χ4v) is 4.09. The monoisotopic (exact) mass is 375 g/mol. The van der Waals surface area contributed by atoms with Crippen LogP contribution < -0.4 is 16.1 Å². The molecule has 5 nitrogen and oxygen atoms in total. The zero-order valence-electron chi connectivity index (χ0n) is 16.1. The maximum atomic E-state index is 12.5. The Morgan fingerprint density at radius 3 is 2.43 bits per heavy atom. The van der Waals surface area contributed by atoms with Crippen molar-refractivity contribution in [2.45, 2.75) is 32.1 Å². The number of aromatic nitrogens is 2. The van der Waals surface area contributed by atoms with Gasteiger partial charge in [0.05, 0.1) is 5.56 Å². The van der Waals surface area contributed by atoms with Gasteiger partial charge in [-0.1, -0.05) is 60.2 Å². The average molecular weight is 375 g/mol. The number of rotatable bonds is 4. The molecule has 2 heterocycles. The van der Waals surface area contributed by atoms with Crippen molar-refractivity contribution in [1.29, 1.82) is 0 Å². The number of nitrogens with zero attached hydrogens (tertiary/aromatic N) is 1. The summed E-state index contributed by atoms with van der Waals surface area (Å²) >= 11 is 0. The number of hydrogen-bond donors (Lipinski definition) is 2. The zero-order chi connectivity index (χ0) is 19.5. The third-order valence-corrected chi connectivity index (χ3v) is 5.57. The van der Waals surface area contributed by atoms with E-state index in [2.05, 4.69) is 46.1 Å². The first-order chi connectivity index (χ1) is 13.6. The van der Waals surface area contributed by atoms with Gasteiger partial charge in [0.1, 0.15) is 5.82 Å². The van der Waals surface area contributed by atoms with Crippen LogP contribution in [-0.4, -0.2) is 23.1 Å². The zero-order valence-corrected chi connectivity index (χ0v) is 16.1. The molecule has 0 unspecified atom stereocenters. The highest BCUT2D eigenvalue weighted by molar-refractivity contribution is 5.48. The van der Waals surface area contributed by atoms with Gasteiger partial charge in [-0.05, 0) is 36.8 Å². The number of benzene rings is 2. The van der Waals surface area contributed by atoms with Crippen LogP contribution in [0.2, 0.25) is 0 Å². The Labute approximate surface area is 164 Å². The Bertz CT molecular complexity index is 1060. The minimum atomic E-state index is -0.447. The number of anilines is 1. The van der Waals surface area contributed by atoms with Gasteiger partial charge in [-0.25, -0.2) is 4.79 Å². The van der Waals surface area contributed by atoms with Gasteiger partial charge < -0.3 is 4.90 Å². The summed E-state index contributed by atoms with van der Waals surface area (Å²) in [6, 6.07) is 18.6. The van der Waals surface area contributed by atoms with Crippen LogP contribution in [0.1, 0.15) is 41.0 Å². The summed E-state index contributed by atoms with van der Waals surface area (Å²) in [4.78, 5) is 31.9. The van der Waals surface area contributed by atoms with Gasteiger partial charge in [0.2, 0.25) is 0 Å². The van der Waals surface area contributed by atoms with Gasteiger partial charge in [-0.2, -0.15) is 0 Å². The van der Waals surface area contributed by atoms with Crippen LogP contribution in [0.4, 0.5) is 5.82 Å². The lowest BCUT2D eigenvalue weighted by Gasteiger charge is -2.34. The van der Waals surface area contributed by atoms with E-state index in [0.717, 1.165) is 31.5 Å². The van der Waals surface area contributed by atoms with E-state index < -0.39 is 5.69 Å². The van der Waals surface area contributed by atoms with Gasteiger partial charge in [-0.15, -0.1) is 0 Å². The highest BCUT2D eigenvalue weighted by atomic mass is 16.2. The lowest BCUT2D eigenvalue weighted by Crippen LogP contribution is -2.38. The molecular weight excluding hydrogens is 350 g/mol. The molecule has 0 aliphatic carbocycles. The SMILES string of the molecule is Cc1cccc(C2CCN(c3[nH]c(=O)[nH]c(=O)c3Cc3ccccc3)CC2)c1. The number of hydrogen-bond acceptors (Lipinski definition) is 3. The molecule has 0 atom stereocenters. The summed E-state index contributed by atoms with van der Waals surface area (Å²) < 4.78 is 0. The average Bonchev–Trinajstić information content (AvgIpc) is 2.71. The maximum Gasteiger partial charge on any atom is 0.327 e. The molecule has 4 rings (SSSR count). The molecule has 144 valence electrons. The van der Waals surface area contributed by atoms with Gasteiger partial charge in [0.15, 0.2) is 0 Å². The molecule has 1 aliphatic heterocycles. The van der Waals surface area contributed by atoms with Crippen molar-refractivity contribution in [3.05, 3.63) is 97.7 Å². The molecule has 1 fully saturated rings. The molecule has 0 saturated carbocycles. The Morgan fingerprint density at radius 1 is 0.964 bits per heavy atom. The van der Waals surface area contributed by atoms with Crippen LogP contribution in [0, 0.1) is 6.92 Å². The van der Waals surface area contributed by atoms with E-state index in [-0.39, 0.29) is 5.56 Å². The number of H-pyrrole nitrogens is 2. The highest BCUT2D eigenvalue weighted by Crippen LogP contribution is 2.31. The Balaban J connectivity index is 1.58. The Kier molecular flexibility index (Phi) is 5.15. The van der Waals surface area contributed by atoms with Crippen molar-refractivity contribution in [1.82, 2.24) is 9.97 Å². The first-order valence-corrected chi connectivity index (χ1v) is 9.81. The summed E-state index contributed by atoms with van der Waals surface area (Å²) in [7, 11) is 0. The molecule has 0 radical (unpaired) electrons. The van der Waals surface area contributed by atoms with Gasteiger partial charge >= 0.3 is 5.69 Å². The smallest absolute Gasteiger partial charge is 0.327 e. The molecular formula is C23H25N3O2. The summed E-state index contributed by atoms with van der Waals surface area (Å²) in [6.45, 7) is 3.76. The van der Waals surface area contributed by atoms with E-state index in [1.165, 1.54) is 11.1 Å². The summed E-state index contributed by atoms with van der Waals surface area (Å²) in [6.07, 6.45) is 2.51. The Morgan fingerprint density at radius 2 is 1.71 bits per heavy atom. The number of nitrogens with one attached hydrogen (secondary N) is 2. The van der Waals surface area contributed by atoms with Crippen molar-refractivity contribution < 1.29 is 0 Å². The molecule has 28 heavy (non-hydrogen) atoms. The first kappa shape index (κ1) is 18.3. The maximum absolute atomic E-state index is 12.5. The third-order valence-electron chi connectivity index (χ3n) is 5.57. The van der Waals surface area contributed by atoms with Crippen molar-refractivity contribution in [2.24, 2.45) is 0 Å². The number of piperidine rings is 1.